The molecule has 0 radical (unpaired) electrons. The number of benzene rings is 2. The number of halogens is 1. The van der Waals surface area contributed by atoms with Gasteiger partial charge in [-0.3, -0.25) is 13.9 Å². The molecule has 1 atom stereocenters. The minimum atomic E-state index is -1.10. The number of hydrogen-bond donors (Lipinski definition) is 1. The summed E-state index contributed by atoms with van der Waals surface area (Å²) in [7, 11) is 1.57. The smallest absolute Gasteiger partial charge is 0.333 e. The molecule has 34 heavy (non-hydrogen) atoms. The lowest BCUT2D eigenvalue weighted by Gasteiger charge is -2.16. The Morgan fingerprint density at radius 1 is 1.06 bits per heavy atom. The maximum atomic E-state index is 13.4. The van der Waals surface area contributed by atoms with Gasteiger partial charge >= 0.3 is 5.69 Å². The second-order valence-electron chi connectivity index (χ2n) is 7.79. The number of aromatic nitrogens is 4. The van der Waals surface area contributed by atoms with Crippen molar-refractivity contribution in [2.45, 2.75) is 25.7 Å². The van der Waals surface area contributed by atoms with Gasteiger partial charge in [0.25, 0.3) is 5.56 Å². The molecule has 0 saturated heterocycles. The first-order chi connectivity index (χ1) is 16.5. The van der Waals surface area contributed by atoms with Gasteiger partial charge in [-0.05, 0) is 29.8 Å². The fraction of sp³-hybridized carbons (Fsp3) is 0.292. The first-order valence-electron chi connectivity index (χ1n) is 10.8. The number of nitrogens with zero attached hydrogens (tertiary/aromatic N) is 4. The zero-order valence-corrected chi connectivity index (χ0v) is 19.4. The van der Waals surface area contributed by atoms with Crippen molar-refractivity contribution in [3.63, 3.8) is 0 Å². The number of aliphatic hydroxyl groups excluding tert-OH is 1. The summed E-state index contributed by atoms with van der Waals surface area (Å²) in [6, 6.07) is 16.1. The van der Waals surface area contributed by atoms with Crippen LogP contribution in [0.15, 0.2) is 70.5 Å². The van der Waals surface area contributed by atoms with E-state index in [4.69, 9.17) is 21.1 Å². The van der Waals surface area contributed by atoms with Crippen LogP contribution in [0.1, 0.15) is 5.56 Å². The van der Waals surface area contributed by atoms with E-state index in [0.29, 0.717) is 23.9 Å². The minimum Gasteiger partial charge on any atom is -0.491 e. The van der Waals surface area contributed by atoms with Crippen LogP contribution in [0, 0.1) is 0 Å². The number of methoxy groups -OCH3 is 1. The Labute approximate surface area is 200 Å². The molecule has 2 aromatic heterocycles. The second kappa shape index (κ2) is 10.7. The van der Waals surface area contributed by atoms with Crippen molar-refractivity contribution in [1.82, 2.24) is 18.7 Å². The highest BCUT2D eigenvalue weighted by atomic mass is 35.5. The van der Waals surface area contributed by atoms with Gasteiger partial charge in [0, 0.05) is 18.7 Å². The van der Waals surface area contributed by atoms with Crippen LogP contribution in [-0.2, 0) is 24.4 Å². The molecule has 178 valence electrons. The van der Waals surface area contributed by atoms with Crippen LogP contribution in [0.4, 0.5) is 0 Å². The largest absolute Gasteiger partial charge is 0.491 e. The Morgan fingerprint density at radius 3 is 2.50 bits per heavy atom. The lowest BCUT2D eigenvalue weighted by atomic mass is 10.2. The second-order valence-corrected chi connectivity index (χ2v) is 8.23. The minimum absolute atomic E-state index is 0.104. The number of imidazole rings is 1. The maximum absolute atomic E-state index is 13.4. The molecule has 0 aliphatic rings. The van der Waals surface area contributed by atoms with Crippen molar-refractivity contribution >= 4 is 22.8 Å². The van der Waals surface area contributed by atoms with E-state index < -0.39 is 17.4 Å². The van der Waals surface area contributed by atoms with Crippen molar-refractivity contribution in [2.75, 3.05) is 20.3 Å². The molecule has 0 spiro atoms. The van der Waals surface area contributed by atoms with Gasteiger partial charge in [0.15, 0.2) is 11.2 Å². The summed E-state index contributed by atoms with van der Waals surface area (Å²) in [5, 5.41) is 11.1. The number of aliphatic hydroxyl groups is 1. The highest BCUT2D eigenvalue weighted by molar-refractivity contribution is 6.30. The van der Waals surface area contributed by atoms with Crippen LogP contribution in [0.5, 0.6) is 5.75 Å². The Kier molecular flexibility index (Phi) is 7.46. The lowest BCUT2D eigenvalue weighted by molar-refractivity contribution is 0.0902. The molecule has 4 rings (SSSR count). The van der Waals surface area contributed by atoms with Gasteiger partial charge in [0.2, 0.25) is 0 Å². The van der Waals surface area contributed by atoms with Gasteiger partial charge in [0.1, 0.15) is 18.5 Å². The van der Waals surface area contributed by atoms with Crippen molar-refractivity contribution in [1.29, 1.82) is 0 Å². The Morgan fingerprint density at radius 2 is 1.79 bits per heavy atom. The number of fused-ring (bicyclic) bond motifs is 1. The third-order valence-electron chi connectivity index (χ3n) is 5.35. The summed E-state index contributed by atoms with van der Waals surface area (Å²) in [5.74, 6) is 0.519. The van der Waals surface area contributed by atoms with E-state index in [0.717, 1.165) is 10.1 Å². The van der Waals surface area contributed by atoms with Crippen LogP contribution >= 0.6 is 11.6 Å². The number of ether oxygens (including phenoxy) is 2. The Hall–Kier alpha value is -3.40. The molecule has 0 aliphatic heterocycles. The van der Waals surface area contributed by atoms with E-state index in [9.17, 15) is 14.7 Å². The maximum Gasteiger partial charge on any atom is 0.333 e. The first kappa shape index (κ1) is 23.7. The molecule has 0 fully saturated rings. The Bertz CT molecular complexity index is 1360. The predicted octanol–water partition coefficient (Wildman–Crippen LogP) is 2.15. The number of hydrogen-bond acceptors (Lipinski definition) is 6. The summed E-state index contributed by atoms with van der Waals surface area (Å²) in [6.45, 7) is 0.669. The van der Waals surface area contributed by atoms with Crippen molar-refractivity contribution in [2.24, 2.45) is 0 Å². The normalized spacial score (nSPS) is 12.2. The summed E-state index contributed by atoms with van der Waals surface area (Å²) in [6.07, 6.45) is 0.426. The molecular weight excluding hydrogens is 460 g/mol. The standard InChI is InChI=1S/C24H25ClN4O5/c1-33-12-11-27-16-26-22-21(27)23(31)29(24(32)28(22)13-17-5-3-2-4-6-17)14-19(30)15-34-20-9-7-18(25)8-10-20/h2-10,16,19,30H,11-15H2,1H3. The average Bonchev–Trinajstić information content (AvgIpc) is 3.27. The third kappa shape index (κ3) is 5.22. The van der Waals surface area contributed by atoms with E-state index in [1.807, 2.05) is 30.3 Å². The summed E-state index contributed by atoms with van der Waals surface area (Å²) in [4.78, 5) is 31.0. The van der Waals surface area contributed by atoms with Gasteiger partial charge in [-0.15, -0.1) is 0 Å². The van der Waals surface area contributed by atoms with E-state index in [1.165, 1.54) is 10.9 Å². The molecule has 1 unspecified atom stereocenters. The van der Waals surface area contributed by atoms with E-state index in [2.05, 4.69) is 4.98 Å². The van der Waals surface area contributed by atoms with E-state index in [1.54, 1.807) is 35.9 Å². The SMILES string of the molecule is COCCn1cnc2c1c(=O)n(CC(O)COc1ccc(Cl)cc1)c(=O)n2Cc1ccccc1. The fourth-order valence-electron chi connectivity index (χ4n) is 3.65. The first-order valence-corrected chi connectivity index (χ1v) is 11.1. The van der Waals surface area contributed by atoms with Crippen LogP contribution < -0.4 is 16.0 Å². The van der Waals surface area contributed by atoms with E-state index in [-0.39, 0.29) is 30.9 Å². The summed E-state index contributed by atoms with van der Waals surface area (Å²) in [5.41, 5.74) is 0.373. The molecule has 10 heteroatoms. The molecule has 0 aliphatic carbocycles. The molecule has 9 nitrogen and oxygen atoms in total. The van der Waals surface area contributed by atoms with Crippen LogP contribution in [-0.4, -0.2) is 50.2 Å². The van der Waals surface area contributed by atoms with E-state index >= 15 is 0 Å². The predicted molar refractivity (Wildman–Crippen MR) is 129 cm³/mol. The van der Waals surface area contributed by atoms with Crippen molar-refractivity contribution in [3.8, 4) is 5.75 Å². The van der Waals surface area contributed by atoms with Gasteiger partial charge in [0.05, 0.1) is 26.0 Å². The summed E-state index contributed by atoms with van der Waals surface area (Å²) >= 11 is 5.88. The van der Waals surface area contributed by atoms with Crippen LogP contribution in [0.2, 0.25) is 5.02 Å². The molecule has 2 aromatic carbocycles. The summed E-state index contributed by atoms with van der Waals surface area (Å²) < 4.78 is 14.9. The van der Waals surface area contributed by atoms with Crippen LogP contribution in [0.25, 0.3) is 11.2 Å². The average molecular weight is 485 g/mol. The molecular formula is C24H25ClN4O5. The fourth-order valence-corrected chi connectivity index (χ4v) is 3.78. The molecule has 2 heterocycles. The van der Waals surface area contributed by atoms with Gasteiger partial charge in [-0.2, -0.15) is 0 Å². The van der Waals surface area contributed by atoms with Crippen molar-refractivity contribution < 1.29 is 14.6 Å². The monoisotopic (exact) mass is 484 g/mol. The zero-order chi connectivity index (χ0) is 24.1. The molecule has 4 aromatic rings. The van der Waals surface area contributed by atoms with Gasteiger partial charge in [-0.25, -0.2) is 9.78 Å². The highest BCUT2D eigenvalue weighted by Gasteiger charge is 2.20. The zero-order valence-electron chi connectivity index (χ0n) is 18.6. The quantitative estimate of drug-likeness (QED) is 0.370. The van der Waals surface area contributed by atoms with Gasteiger partial charge in [-0.1, -0.05) is 41.9 Å². The highest BCUT2D eigenvalue weighted by Crippen LogP contribution is 2.16. The topological polar surface area (TPSA) is 101 Å². The molecule has 0 bridgehead atoms. The molecule has 0 amide bonds. The Balaban J connectivity index is 1.68. The molecule has 0 saturated carbocycles. The van der Waals surface area contributed by atoms with Crippen LogP contribution in [0.3, 0.4) is 0 Å². The third-order valence-corrected chi connectivity index (χ3v) is 5.60. The molecule has 1 N–H and O–H groups in total. The lowest BCUT2D eigenvalue weighted by Crippen LogP contribution is -2.44. The van der Waals surface area contributed by atoms with Crippen molar-refractivity contribution in [3.05, 3.63) is 92.3 Å². The van der Waals surface area contributed by atoms with Gasteiger partial charge < -0.3 is 19.1 Å². The number of rotatable bonds is 10.